The molecule has 1 aromatic carbocycles. The van der Waals surface area contributed by atoms with E-state index in [9.17, 15) is 9.35 Å². The number of pyridine rings is 1. The maximum Gasteiger partial charge on any atom is 0.337 e. The van der Waals surface area contributed by atoms with E-state index in [-0.39, 0.29) is 11.5 Å². The molecule has 0 aliphatic rings. The molecule has 2 aromatic heterocycles. The van der Waals surface area contributed by atoms with Crippen molar-refractivity contribution >= 4 is 28.2 Å². The second-order valence-electron chi connectivity index (χ2n) is 5.89. The number of aliphatic hydroxyl groups excluding tert-OH is 1. The van der Waals surface area contributed by atoms with E-state index < -0.39 is 23.8 Å². The second kappa shape index (κ2) is 7.95. The number of fused-ring (bicyclic) bond motifs is 1. The summed E-state index contributed by atoms with van der Waals surface area (Å²) in [6.45, 7) is 3.08. The Hall–Kier alpha value is -2.62. The first-order valence-electron chi connectivity index (χ1n) is 8.11. The summed E-state index contributed by atoms with van der Waals surface area (Å²) in [6.07, 6.45) is 1.69. The molecule has 0 saturated carbocycles. The van der Waals surface area contributed by atoms with Crippen molar-refractivity contribution < 1.29 is 23.9 Å². The zero-order chi connectivity index (χ0) is 19.6. The van der Waals surface area contributed by atoms with Crippen LogP contribution in [0.3, 0.4) is 0 Å². The van der Waals surface area contributed by atoms with Gasteiger partial charge in [-0.15, -0.1) is 0 Å². The van der Waals surface area contributed by atoms with Gasteiger partial charge in [-0.1, -0.05) is 0 Å². The van der Waals surface area contributed by atoms with Crippen LogP contribution in [0.1, 0.15) is 16.8 Å². The molecule has 2 N–H and O–H groups in total. The fourth-order valence-corrected chi connectivity index (χ4v) is 3.81. The molecule has 0 aliphatic carbocycles. The summed E-state index contributed by atoms with van der Waals surface area (Å²) in [5.74, 6) is 0.418. The van der Waals surface area contributed by atoms with Crippen LogP contribution in [0, 0.1) is 13.8 Å². The molecule has 2 heterocycles. The largest absolute Gasteiger partial charge is 0.609 e. The molecule has 142 valence electrons. The number of aromatic amines is 1. The van der Waals surface area contributed by atoms with Crippen molar-refractivity contribution in [2.45, 2.75) is 24.8 Å². The van der Waals surface area contributed by atoms with Crippen molar-refractivity contribution in [2.75, 3.05) is 13.7 Å². The minimum absolute atomic E-state index is 0.189. The SMILES string of the molecule is COc1c(C)cnc(C[S+]([O-])c2nc3cc(OC(=O)CO)ccc3[nH]2)c1C. The molecule has 1 unspecified atom stereocenters. The van der Waals surface area contributed by atoms with Crippen molar-refractivity contribution in [3.8, 4) is 11.5 Å². The molecule has 0 bridgehead atoms. The van der Waals surface area contributed by atoms with Crippen molar-refractivity contribution in [1.82, 2.24) is 15.0 Å². The second-order valence-corrected chi connectivity index (χ2v) is 7.26. The van der Waals surface area contributed by atoms with Crippen LogP contribution in [0.5, 0.6) is 11.5 Å². The number of hydrogen-bond acceptors (Lipinski definition) is 7. The van der Waals surface area contributed by atoms with Crippen LogP contribution in [-0.2, 0) is 21.7 Å². The summed E-state index contributed by atoms with van der Waals surface area (Å²) in [6, 6.07) is 4.78. The van der Waals surface area contributed by atoms with Crippen LogP contribution in [-0.4, -0.2) is 44.3 Å². The van der Waals surface area contributed by atoms with Crippen LogP contribution < -0.4 is 9.47 Å². The number of nitrogens with one attached hydrogen (secondary N) is 1. The summed E-state index contributed by atoms with van der Waals surface area (Å²) in [4.78, 5) is 22.9. The molecule has 0 saturated heterocycles. The Morgan fingerprint density at radius 3 is 2.85 bits per heavy atom. The average molecular weight is 389 g/mol. The minimum atomic E-state index is -1.45. The normalized spacial score (nSPS) is 12.2. The van der Waals surface area contributed by atoms with E-state index in [4.69, 9.17) is 14.6 Å². The Morgan fingerprint density at radius 1 is 1.37 bits per heavy atom. The number of methoxy groups -OCH3 is 1. The van der Waals surface area contributed by atoms with Gasteiger partial charge < -0.3 is 19.1 Å². The van der Waals surface area contributed by atoms with Gasteiger partial charge in [0.25, 0.3) is 0 Å². The number of rotatable bonds is 6. The summed E-state index contributed by atoms with van der Waals surface area (Å²) in [5, 5.41) is 9.05. The highest BCUT2D eigenvalue weighted by molar-refractivity contribution is 7.90. The lowest BCUT2D eigenvalue weighted by atomic mass is 10.1. The predicted octanol–water partition coefficient (Wildman–Crippen LogP) is 1.79. The fourth-order valence-electron chi connectivity index (χ4n) is 2.71. The van der Waals surface area contributed by atoms with Gasteiger partial charge in [-0.25, -0.2) is 4.79 Å². The van der Waals surface area contributed by atoms with E-state index in [1.807, 2.05) is 13.8 Å². The van der Waals surface area contributed by atoms with E-state index in [0.29, 0.717) is 21.9 Å². The third kappa shape index (κ3) is 4.05. The van der Waals surface area contributed by atoms with Gasteiger partial charge in [0.2, 0.25) is 0 Å². The molecule has 0 amide bonds. The lowest BCUT2D eigenvalue weighted by Crippen LogP contribution is -2.11. The number of aliphatic hydroxyl groups is 1. The smallest absolute Gasteiger partial charge is 0.337 e. The Bertz CT molecular complexity index is 989. The van der Waals surface area contributed by atoms with E-state index in [1.165, 1.54) is 0 Å². The fraction of sp³-hybridized carbons (Fsp3) is 0.278. The van der Waals surface area contributed by atoms with E-state index in [2.05, 4.69) is 15.0 Å². The van der Waals surface area contributed by atoms with E-state index >= 15 is 0 Å². The number of aromatic nitrogens is 3. The van der Waals surface area contributed by atoms with Crippen molar-refractivity contribution in [3.05, 3.63) is 41.2 Å². The highest BCUT2D eigenvalue weighted by Crippen LogP contribution is 2.27. The first-order valence-corrected chi connectivity index (χ1v) is 9.43. The number of carbonyl (C=O) groups excluding carboxylic acids is 1. The molecular weight excluding hydrogens is 370 g/mol. The van der Waals surface area contributed by atoms with Gasteiger partial charge in [0, 0.05) is 34.6 Å². The number of H-pyrrole nitrogens is 1. The topological polar surface area (TPSA) is 120 Å². The number of ether oxygens (including phenoxy) is 2. The molecule has 9 heteroatoms. The zero-order valence-electron chi connectivity index (χ0n) is 15.1. The molecule has 3 aromatic rings. The maximum atomic E-state index is 12.7. The number of nitrogens with zero attached hydrogens (tertiary/aromatic N) is 2. The van der Waals surface area contributed by atoms with Gasteiger partial charge in [-0.05, 0) is 26.0 Å². The number of benzene rings is 1. The molecule has 3 rings (SSSR count). The molecular formula is C18H19N3O5S. The van der Waals surface area contributed by atoms with Gasteiger partial charge in [0.05, 0.1) is 23.8 Å². The van der Waals surface area contributed by atoms with Gasteiger partial charge in [0.1, 0.15) is 18.1 Å². The Kier molecular flexibility index (Phi) is 5.64. The third-order valence-corrected chi connectivity index (χ3v) is 5.19. The average Bonchev–Trinajstić information content (AvgIpc) is 3.08. The lowest BCUT2D eigenvalue weighted by molar-refractivity contribution is -0.137. The highest BCUT2D eigenvalue weighted by Gasteiger charge is 2.21. The summed E-state index contributed by atoms with van der Waals surface area (Å²) in [7, 11) is 1.59. The van der Waals surface area contributed by atoms with Crippen LogP contribution >= 0.6 is 0 Å². The standard InChI is InChI=1S/C18H19N3O5S/c1-10-7-19-15(11(2)17(10)25-3)9-27(24)18-20-13-5-4-12(6-14(13)21-18)26-16(23)8-22/h4-7,22H,8-9H2,1-3H3,(H,20,21). The number of hydrogen-bond donors (Lipinski definition) is 2. The summed E-state index contributed by atoms with van der Waals surface area (Å²) in [5.41, 5.74) is 3.60. The molecule has 27 heavy (non-hydrogen) atoms. The summed E-state index contributed by atoms with van der Waals surface area (Å²) < 4.78 is 23.1. The predicted molar refractivity (Wildman–Crippen MR) is 99.2 cm³/mol. The number of imidazole rings is 1. The third-order valence-electron chi connectivity index (χ3n) is 4.03. The first kappa shape index (κ1) is 19.2. The van der Waals surface area contributed by atoms with Gasteiger partial charge in [-0.3, -0.25) is 9.97 Å². The van der Waals surface area contributed by atoms with Crippen LogP contribution in [0.15, 0.2) is 29.6 Å². The van der Waals surface area contributed by atoms with Crippen molar-refractivity contribution in [1.29, 1.82) is 0 Å². The minimum Gasteiger partial charge on any atom is -0.609 e. The number of carbonyl (C=O) groups is 1. The van der Waals surface area contributed by atoms with E-state index in [1.54, 1.807) is 31.5 Å². The van der Waals surface area contributed by atoms with Crippen LogP contribution in [0.2, 0.25) is 0 Å². The molecule has 0 aliphatic heterocycles. The quantitative estimate of drug-likeness (QED) is 0.374. The molecule has 0 spiro atoms. The van der Waals surface area contributed by atoms with Gasteiger partial charge in [0.15, 0.2) is 5.75 Å². The molecule has 1 atom stereocenters. The number of esters is 1. The van der Waals surface area contributed by atoms with Gasteiger partial charge in [-0.2, -0.15) is 4.98 Å². The van der Waals surface area contributed by atoms with Crippen molar-refractivity contribution in [2.24, 2.45) is 0 Å². The van der Waals surface area contributed by atoms with Crippen molar-refractivity contribution in [3.63, 3.8) is 0 Å². The van der Waals surface area contributed by atoms with Gasteiger partial charge >= 0.3 is 11.1 Å². The molecule has 0 radical (unpaired) electrons. The van der Waals surface area contributed by atoms with E-state index in [0.717, 1.165) is 16.9 Å². The Labute approximate surface area is 158 Å². The van der Waals surface area contributed by atoms with Crippen LogP contribution in [0.25, 0.3) is 11.0 Å². The lowest BCUT2D eigenvalue weighted by Gasteiger charge is -2.13. The first-order chi connectivity index (χ1) is 12.9. The molecule has 8 nitrogen and oxygen atoms in total. The monoisotopic (exact) mass is 389 g/mol. The van der Waals surface area contributed by atoms with Crippen LogP contribution in [0.4, 0.5) is 0 Å². The zero-order valence-corrected chi connectivity index (χ0v) is 15.9. The highest BCUT2D eigenvalue weighted by atomic mass is 32.2. The molecule has 0 fully saturated rings. The number of aryl methyl sites for hydroxylation is 1. The Balaban J connectivity index is 1.84. The Morgan fingerprint density at radius 2 is 2.15 bits per heavy atom. The maximum absolute atomic E-state index is 12.7. The summed E-state index contributed by atoms with van der Waals surface area (Å²) >= 11 is -1.45.